The maximum absolute atomic E-state index is 13.2. The van der Waals surface area contributed by atoms with Gasteiger partial charge in [0.1, 0.15) is 0 Å². The highest BCUT2D eigenvalue weighted by molar-refractivity contribution is 5.72. The number of hydrogen-bond donors (Lipinski definition) is 0. The molecule has 0 aromatic rings. The number of rotatable bonds is 29. The van der Waals surface area contributed by atoms with Crippen molar-refractivity contribution in [3.63, 3.8) is 0 Å². The molecular formula is C34H68O2. The lowest BCUT2D eigenvalue weighted by atomic mass is 9.84. The van der Waals surface area contributed by atoms with Crippen molar-refractivity contribution in [2.75, 3.05) is 6.61 Å². The largest absolute Gasteiger partial charge is 0.465 e. The Bertz CT molecular complexity index is 433. The molecule has 0 spiro atoms. The van der Waals surface area contributed by atoms with E-state index in [2.05, 4.69) is 27.7 Å². The first-order chi connectivity index (χ1) is 17.7. The molecule has 0 aliphatic heterocycles. The summed E-state index contributed by atoms with van der Waals surface area (Å²) in [6.45, 7) is 9.74. The third-order valence-corrected chi connectivity index (χ3v) is 8.03. The van der Waals surface area contributed by atoms with Gasteiger partial charge in [0.2, 0.25) is 0 Å². The maximum atomic E-state index is 13.2. The van der Waals surface area contributed by atoms with Gasteiger partial charge in [-0.1, -0.05) is 175 Å². The monoisotopic (exact) mass is 509 g/mol. The smallest absolute Gasteiger partial charge is 0.308 e. The van der Waals surface area contributed by atoms with Crippen LogP contribution in [-0.2, 0) is 9.53 Å². The second kappa shape index (κ2) is 29.0. The summed E-state index contributed by atoms with van der Waals surface area (Å²) >= 11 is 0. The van der Waals surface area contributed by atoms with Gasteiger partial charge in [-0.2, -0.15) is 0 Å². The maximum Gasteiger partial charge on any atom is 0.308 e. The highest BCUT2D eigenvalue weighted by Crippen LogP contribution is 2.29. The standard InChI is InChI=1S/C34H68O2/c1-5-9-13-17-19-20-22-25-29-33(34(35)36-30-26-16-12-8-4)31-32(27-23-15-11-7-3)28-24-21-18-14-10-6-2/h32-33H,5-31H2,1-4H3. The van der Waals surface area contributed by atoms with Crippen LogP contribution >= 0.6 is 0 Å². The Kier molecular flexibility index (Phi) is 28.6. The van der Waals surface area contributed by atoms with Gasteiger partial charge in [-0.15, -0.1) is 0 Å². The van der Waals surface area contributed by atoms with Crippen LogP contribution in [0.3, 0.4) is 0 Å². The summed E-state index contributed by atoms with van der Waals surface area (Å²) in [7, 11) is 0. The minimum Gasteiger partial charge on any atom is -0.465 e. The van der Waals surface area contributed by atoms with Gasteiger partial charge in [-0.25, -0.2) is 0 Å². The van der Waals surface area contributed by atoms with E-state index < -0.39 is 0 Å². The zero-order valence-electron chi connectivity index (χ0n) is 25.6. The molecule has 0 fully saturated rings. The molecule has 0 aromatic heterocycles. The quantitative estimate of drug-likeness (QED) is 0.0741. The third kappa shape index (κ3) is 23.8. The molecule has 0 aromatic carbocycles. The lowest BCUT2D eigenvalue weighted by Crippen LogP contribution is -2.22. The molecule has 0 rings (SSSR count). The fourth-order valence-corrected chi connectivity index (χ4v) is 5.53. The summed E-state index contributed by atoms with van der Waals surface area (Å²) in [5, 5.41) is 0. The lowest BCUT2D eigenvalue weighted by Gasteiger charge is -2.23. The summed E-state index contributed by atoms with van der Waals surface area (Å²) in [6.07, 6.45) is 33.6. The van der Waals surface area contributed by atoms with Crippen LogP contribution in [-0.4, -0.2) is 12.6 Å². The van der Waals surface area contributed by atoms with Crippen molar-refractivity contribution in [2.24, 2.45) is 11.8 Å². The second-order valence-corrected chi connectivity index (χ2v) is 11.7. The predicted octanol–water partition coefficient (Wildman–Crippen LogP) is 12.0. The predicted molar refractivity (Wildman–Crippen MR) is 161 cm³/mol. The Morgan fingerprint density at radius 1 is 0.472 bits per heavy atom. The second-order valence-electron chi connectivity index (χ2n) is 11.7. The number of hydrogen-bond acceptors (Lipinski definition) is 2. The van der Waals surface area contributed by atoms with Crippen LogP contribution in [0.5, 0.6) is 0 Å². The van der Waals surface area contributed by atoms with Gasteiger partial charge in [-0.05, 0) is 25.2 Å². The van der Waals surface area contributed by atoms with Crippen molar-refractivity contribution in [3.05, 3.63) is 0 Å². The Hall–Kier alpha value is -0.530. The van der Waals surface area contributed by atoms with Gasteiger partial charge in [0, 0.05) is 0 Å². The SMILES string of the molecule is CCCCCCCCCCC(CC(CCCCCC)CCCCCCCC)C(=O)OCCCCCC. The Labute approximate surface area is 228 Å². The zero-order valence-corrected chi connectivity index (χ0v) is 25.6. The van der Waals surface area contributed by atoms with Gasteiger partial charge < -0.3 is 4.74 Å². The van der Waals surface area contributed by atoms with Crippen molar-refractivity contribution >= 4 is 5.97 Å². The topological polar surface area (TPSA) is 26.3 Å². The molecule has 0 amide bonds. The molecular weight excluding hydrogens is 440 g/mol. The van der Waals surface area contributed by atoms with E-state index in [9.17, 15) is 4.79 Å². The van der Waals surface area contributed by atoms with Crippen molar-refractivity contribution in [3.8, 4) is 0 Å². The van der Waals surface area contributed by atoms with E-state index >= 15 is 0 Å². The van der Waals surface area contributed by atoms with Crippen LogP contribution in [0.4, 0.5) is 0 Å². The summed E-state index contributed by atoms with van der Waals surface area (Å²) in [5.74, 6) is 0.961. The molecule has 216 valence electrons. The van der Waals surface area contributed by atoms with Gasteiger partial charge in [0.15, 0.2) is 0 Å². The van der Waals surface area contributed by atoms with E-state index in [4.69, 9.17) is 4.74 Å². The van der Waals surface area contributed by atoms with Crippen molar-refractivity contribution < 1.29 is 9.53 Å². The Morgan fingerprint density at radius 2 is 0.833 bits per heavy atom. The lowest BCUT2D eigenvalue weighted by molar-refractivity contribution is -0.149. The van der Waals surface area contributed by atoms with E-state index in [1.165, 1.54) is 148 Å². The van der Waals surface area contributed by atoms with E-state index in [-0.39, 0.29) is 11.9 Å². The molecule has 0 heterocycles. The van der Waals surface area contributed by atoms with Crippen molar-refractivity contribution in [2.45, 2.75) is 195 Å². The fraction of sp³-hybridized carbons (Fsp3) is 0.971. The average molecular weight is 509 g/mol. The van der Waals surface area contributed by atoms with E-state index in [0.717, 1.165) is 19.3 Å². The molecule has 2 nitrogen and oxygen atoms in total. The number of unbranched alkanes of at least 4 members (excludes halogenated alkanes) is 18. The average Bonchev–Trinajstić information content (AvgIpc) is 2.88. The summed E-state index contributed by atoms with van der Waals surface area (Å²) in [5.41, 5.74) is 0. The van der Waals surface area contributed by atoms with Crippen LogP contribution in [0, 0.1) is 11.8 Å². The highest BCUT2D eigenvalue weighted by Gasteiger charge is 2.24. The summed E-state index contributed by atoms with van der Waals surface area (Å²) in [6, 6.07) is 0. The number of carbonyl (C=O) groups excluding carboxylic acids is 1. The number of carbonyl (C=O) groups is 1. The van der Waals surface area contributed by atoms with Crippen LogP contribution in [0.25, 0.3) is 0 Å². The fourth-order valence-electron chi connectivity index (χ4n) is 5.53. The van der Waals surface area contributed by atoms with Crippen molar-refractivity contribution in [1.29, 1.82) is 0 Å². The van der Waals surface area contributed by atoms with Crippen LogP contribution in [0.1, 0.15) is 195 Å². The molecule has 0 aliphatic carbocycles. The molecule has 0 aliphatic rings. The minimum absolute atomic E-state index is 0.121. The minimum atomic E-state index is 0.121. The summed E-state index contributed by atoms with van der Waals surface area (Å²) in [4.78, 5) is 13.2. The molecule has 0 radical (unpaired) electrons. The Balaban J connectivity index is 4.73. The van der Waals surface area contributed by atoms with Crippen molar-refractivity contribution in [1.82, 2.24) is 0 Å². The normalized spacial score (nSPS) is 13.1. The van der Waals surface area contributed by atoms with Gasteiger partial charge >= 0.3 is 5.97 Å². The highest BCUT2D eigenvalue weighted by atomic mass is 16.5. The van der Waals surface area contributed by atoms with Gasteiger partial charge in [-0.3, -0.25) is 4.79 Å². The first-order valence-electron chi connectivity index (χ1n) is 16.9. The molecule has 36 heavy (non-hydrogen) atoms. The first kappa shape index (κ1) is 35.5. The molecule has 0 saturated carbocycles. The van der Waals surface area contributed by atoms with Crippen LogP contribution in [0.2, 0.25) is 0 Å². The molecule has 2 unspecified atom stereocenters. The number of esters is 1. The molecule has 0 N–H and O–H groups in total. The van der Waals surface area contributed by atoms with Crippen LogP contribution < -0.4 is 0 Å². The van der Waals surface area contributed by atoms with E-state index in [0.29, 0.717) is 12.5 Å². The first-order valence-corrected chi connectivity index (χ1v) is 16.9. The van der Waals surface area contributed by atoms with Gasteiger partial charge in [0.05, 0.1) is 12.5 Å². The zero-order chi connectivity index (χ0) is 26.5. The summed E-state index contributed by atoms with van der Waals surface area (Å²) < 4.78 is 5.85. The number of ether oxygens (including phenoxy) is 1. The molecule has 0 bridgehead atoms. The molecule has 2 atom stereocenters. The van der Waals surface area contributed by atoms with E-state index in [1.54, 1.807) is 0 Å². The van der Waals surface area contributed by atoms with Gasteiger partial charge in [0.25, 0.3) is 0 Å². The molecule has 2 heteroatoms. The Morgan fingerprint density at radius 3 is 1.31 bits per heavy atom. The van der Waals surface area contributed by atoms with Crippen LogP contribution in [0.15, 0.2) is 0 Å². The molecule has 0 saturated heterocycles. The van der Waals surface area contributed by atoms with E-state index in [1.807, 2.05) is 0 Å². The third-order valence-electron chi connectivity index (χ3n) is 8.03.